The Morgan fingerprint density at radius 1 is 1.73 bits per heavy atom. The molecule has 1 rings (SSSR count). The Morgan fingerprint density at radius 2 is 2.40 bits per heavy atom. The van der Waals surface area contributed by atoms with Gasteiger partial charge in [-0.2, -0.15) is 20.1 Å². The molecule has 0 aromatic carbocycles. The van der Waals surface area contributed by atoms with E-state index in [1.165, 1.54) is 18.4 Å². The van der Waals surface area contributed by atoms with Crippen molar-refractivity contribution >= 4 is 17.3 Å². The average Bonchev–Trinajstić information content (AvgIpc) is 2.69. The molecule has 6 heteroatoms. The van der Waals surface area contributed by atoms with Crippen molar-refractivity contribution in [3.63, 3.8) is 0 Å². The molecule has 3 nitrogen and oxygen atoms in total. The molecule has 1 heterocycles. The maximum absolute atomic E-state index is 13.2. The van der Waals surface area contributed by atoms with E-state index in [-0.39, 0.29) is 12.2 Å². The number of hydrogen-bond donors (Lipinski definition) is 1. The summed E-state index contributed by atoms with van der Waals surface area (Å²) in [5.41, 5.74) is 0.0121. The molecule has 84 valence electrons. The molecular formula is C9H10F2O3S. The molecule has 0 bridgehead atoms. The second-order valence-corrected chi connectivity index (χ2v) is 3.58. The molecule has 1 aromatic rings. The number of rotatable bonds is 4. The van der Waals surface area contributed by atoms with E-state index in [0.717, 1.165) is 11.3 Å². The van der Waals surface area contributed by atoms with Gasteiger partial charge in [0.1, 0.15) is 0 Å². The second kappa shape index (κ2) is 4.67. The Bertz CT molecular complexity index is 324. The van der Waals surface area contributed by atoms with Gasteiger partial charge in [-0.25, -0.2) is 4.79 Å². The normalized spacial score (nSPS) is 13.6. The first kappa shape index (κ1) is 12.1. The fourth-order valence-electron chi connectivity index (χ4n) is 0.979. The summed E-state index contributed by atoms with van der Waals surface area (Å²) >= 11 is 1.16. The molecule has 0 radical (unpaired) electrons. The topological polar surface area (TPSA) is 46.5 Å². The van der Waals surface area contributed by atoms with Crippen LogP contribution in [0.2, 0.25) is 0 Å². The van der Waals surface area contributed by atoms with Crippen LogP contribution in [-0.2, 0) is 9.53 Å². The molecule has 1 atom stereocenters. The van der Waals surface area contributed by atoms with Crippen LogP contribution in [0.15, 0.2) is 16.8 Å². The Kier molecular flexibility index (Phi) is 3.76. The minimum Gasteiger partial charge on any atom is -0.461 e. The molecule has 0 unspecified atom stereocenters. The third-order valence-corrected chi connectivity index (χ3v) is 2.45. The Hall–Kier alpha value is -1.01. The van der Waals surface area contributed by atoms with Gasteiger partial charge in [0.2, 0.25) is 0 Å². The Balaban J connectivity index is 2.81. The number of aliphatic hydroxyl groups excluding tert-OH is 1. The highest BCUT2D eigenvalue weighted by Gasteiger charge is 2.49. The summed E-state index contributed by atoms with van der Waals surface area (Å²) in [5.74, 6) is -5.61. The fraction of sp³-hybridized carbons (Fsp3) is 0.444. The molecular weight excluding hydrogens is 226 g/mol. The van der Waals surface area contributed by atoms with Crippen molar-refractivity contribution in [2.45, 2.75) is 19.0 Å². The van der Waals surface area contributed by atoms with Gasteiger partial charge in [-0.1, -0.05) is 0 Å². The van der Waals surface area contributed by atoms with E-state index in [1.54, 1.807) is 5.38 Å². The molecule has 15 heavy (non-hydrogen) atoms. The summed E-state index contributed by atoms with van der Waals surface area (Å²) in [6, 6.07) is 1.34. The van der Waals surface area contributed by atoms with Crippen LogP contribution in [0.25, 0.3) is 0 Å². The van der Waals surface area contributed by atoms with Crippen molar-refractivity contribution in [2.75, 3.05) is 6.61 Å². The quantitative estimate of drug-likeness (QED) is 0.813. The van der Waals surface area contributed by atoms with Crippen LogP contribution in [0.5, 0.6) is 0 Å². The highest BCUT2D eigenvalue weighted by Crippen LogP contribution is 2.33. The molecule has 1 aromatic heterocycles. The van der Waals surface area contributed by atoms with E-state index in [9.17, 15) is 18.7 Å². The molecule has 1 N–H and O–H groups in total. The van der Waals surface area contributed by atoms with Gasteiger partial charge in [0.15, 0.2) is 6.10 Å². The summed E-state index contributed by atoms with van der Waals surface area (Å²) in [6.45, 7) is 1.27. The van der Waals surface area contributed by atoms with Crippen LogP contribution < -0.4 is 0 Å². The monoisotopic (exact) mass is 236 g/mol. The van der Waals surface area contributed by atoms with E-state index in [1.807, 2.05) is 0 Å². The van der Waals surface area contributed by atoms with Gasteiger partial charge >= 0.3 is 11.9 Å². The number of carbonyl (C=O) groups excluding carboxylic acids is 1. The van der Waals surface area contributed by atoms with Crippen LogP contribution in [0.3, 0.4) is 0 Å². The average molecular weight is 236 g/mol. The molecule has 0 amide bonds. The lowest BCUT2D eigenvalue weighted by Crippen LogP contribution is -2.37. The van der Waals surface area contributed by atoms with Crippen LogP contribution in [0.4, 0.5) is 8.78 Å². The van der Waals surface area contributed by atoms with Gasteiger partial charge in [-0.15, -0.1) is 0 Å². The third kappa shape index (κ3) is 2.51. The van der Waals surface area contributed by atoms with Gasteiger partial charge in [0.05, 0.1) is 6.61 Å². The molecule has 0 aliphatic heterocycles. The number of thiophene rings is 1. The van der Waals surface area contributed by atoms with Crippen molar-refractivity contribution in [2.24, 2.45) is 0 Å². The zero-order valence-corrected chi connectivity index (χ0v) is 8.76. The van der Waals surface area contributed by atoms with E-state index in [4.69, 9.17) is 0 Å². The number of aliphatic hydroxyl groups is 1. The Morgan fingerprint density at radius 3 is 2.87 bits per heavy atom. The number of esters is 1. The summed E-state index contributed by atoms with van der Waals surface area (Å²) in [4.78, 5) is 10.9. The predicted octanol–water partition coefficient (Wildman–Crippen LogP) is 1.98. The number of hydrogen-bond acceptors (Lipinski definition) is 4. The number of alkyl halides is 2. The van der Waals surface area contributed by atoms with E-state index < -0.39 is 18.0 Å². The van der Waals surface area contributed by atoms with Crippen molar-refractivity contribution in [1.82, 2.24) is 0 Å². The Labute approximate surface area is 89.3 Å². The SMILES string of the molecule is CCOC(=O)C(F)(F)[C@H](O)c1ccsc1. The largest absolute Gasteiger partial charge is 0.461 e. The zero-order chi connectivity index (χ0) is 11.5. The lowest BCUT2D eigenvalue weighted by Gasteiger charge is -2.19. The van der Waals surface area contributed by atoms with Crippen LogP contribution in [-0.4, -0.2) is 23.6 Å². The van der Waals surface area contributed by atoms with E-state index in [2.05, 4.69) is 4.74 Å². The van der Waals surface area contributed by atoms with Crippen molar-refractivity contribution in [1.29, 1.82) is 0 Å². The standard InChI is InChI=1S/C9H10F2O3S/c1-2-14-8(13)9(10,11)7(12)6-3-4-15-5-6/h3-5,7,12H,2H2,1H3/t7-/m1/s1. The van der Waals surface area contributed by atoms with Crippen LogP contribution >= 0.6 is 11.3 Å². The third-order valence-electron chi connectivity index (χ3n) is 1.75. The first-order chi connectivity index (χ1) is 7.00. The van der Waals surface area contributed by atoms with Gasteiger partial charge in [-0.3, -0.25) is 0 Å². The first-order valence-corrected chi connectivity index (χ1v) is 5.19. The highest BCUT2D eigenvalue weighted by molar-refractivity contribution is 7.07. The molecule has 0 saturated carbocycles. The van der Waals surface area contributed by atoms with Crippen molar-refractivity contribution in [3.8, 4) is 0 Å². The second-order valence-electron chi connectivity index (χ2n) is 2.80. The van der Waals surface area contributed by atoms with Crippen molar-refractivity contribution < 1.29 is 23.4 Å². The predicted molar refractivity (Wildman–Crippen MR) is 50.9 cm³/mol. The summed E-state index contributed by atoms with van der Waals surface area (Å²) in [5, 5.41) is 12.2. The number of halogens is 2. The highest BCUT2D eigenvalue weighted by atomic mass is 32.1. The maximum Gasteiger partial charge on any atom is 0.380 e. The number of carbonyl (C=O) groups is 1. The minimum absolute atomic E-state index is 0.0121. The summed E-state index contributed by atoms with van der Waals surface area (Å²) in [7, 11) is 0. The maximum atomic E-state index is 13.2. The van der Waals surface area contributed by atoms with E-state index in [0.29, 0.717) is 0 Å². The number of ether oxygens (including phenoxy) is 1. The van der Waals surface area contributed by atoms with Gasteiger partial charge in [0, 0.05) is 0 Å². The van der Waals surface area contributed by atoms with Gasteiger partial charge < -0.3 is 9.84 Å². The molecule has 0 fully saturated rings. The molecule has 0 spiro atoms. The van der Waals surface area contributed by atoms with Crippen LogP contribution in [0, 0.1) is 0 Å². The summed E-state index contributed by atoms with van der Waals surface area (Å²) < 4.78 is 30.7. The fourth-order valence-corrected chi connectivity index (χ4v) is 1.66. The van der Waals surface area contributed by atoms with Gasteiger partial charge in [-0.05, 0) is 29.3 Å². The van der Waals surface area contributed by atoms with Crippen molar-refractivity contribution in [3.05, 3.63) is 22.4 Å². The minimum atomic E-state index is -3.91. The molecule has 0 aliphatic carbocycles. The first-order valence-electron chi connectivity index (χ1n) is 4.25. The zero-order valence-electron chi connectivity index (χ0n) is 7.94. The summed E-state index contributed by atoms with van der Waals surface area (Å²) in [6.07, 6.45) is -2.15. The smallest absolute Gasteiger partial charge is 0.380 e. The molecule has 0 aliphatic rings. The molecule has 0 saturated heterocycles. The van der Waals surface area contributed by atoms with Gasteiger partial charge in [0.25, 0.3) is 0 Å². The lowest BCUT2D eigenvalue weighted by atomic mass is 10.1. The van der Waals surface area contributed by atoms with Crippen LogP contribution in [0.1, 0.15) is 18.6 Å². The lowest BCUT2D eigenvalue weighted by molar-refractivity contribution is -0.189. The van der Waals surface area contributed by atoms with E-state index >= 15 is 0 Å².